The molecule has 0 N–H and O–H groups in total. The predicted octanol–water partition coefficient (Wildman–Crippen LogP) is 2.46. The van der Waals surface area contributed by atoms with Crippen molar-refractivity contribution in [1.82, 2.24) is 0 Å². The van der Waals surface area contributed by atoms with Crippen molar-refractivity contribution in [2.75, 3.05) is 6.61 Å². The van der Waals surface area contributed by atoms with Crippen LogP contribution in [0.25, 0.3) is 0 Å². The Morgan fingerprint density at radius 3 is 2.75 bits per heavy atom. The second kappa shape index (κ2) is 8.05. The van der Waals surface area contributed by atoms with Gasteiger partial charge in [-0.25, -0.2) is 0 Å². The molecule has 0 atom stereocenters. The minimum Gasteiger partial charge on any atom is -0.465 e. The van der Waals surface area contributed by atoms with Crippen LogP contribution in [0.15, 0.2) is 24.3 Å². The lowest BCUT2D eigenvalue weighted by Gasteiger charge is -1.98. The van der Waals surface area contributed by atoms with Gasteiger partial charge in [0, 0.05) is 6.42 Å². The molecule has 2 heteroatoms. The van der Waals surface area contributed by atoms with Gasteiger partial charge in [0.1, 0.15) is 0 Å². The zero-order valence-corrected chi connectivity index (χ0v) is 7.75. The Morgan fingerprint density at radius 1 is 1.42 bits per heavy atom. The molecule has 0 unspecified atom stereocenters. The highest BCUT2D eigenvalue weighted by molar-refractivity contribution is 5.68. The first kappa shape index (κ1) is 11.0. The normalized spacial score (nSPS) is 11.2. The number of hydrogen-bond donors (Lipinski definition) is 0. The lowest BCUT2D eigenvalue weighted by molar-refractivity contribution is -0.143. The number of rotatable bonds is 5. The summed E-state index contributed by atoms with van der Waals surface area (Å²) in [5, 5.41) is 0. The van der Waals surface area contributed by atoms with E-state index in [1.807, 2.05) is 31.2 Å². The molecular formula is C10H16O2. The Balaban J connectivity index is 3.26. The Morgan fingerprint density at radius 2 is 2.17 bits per heavy atom. The summed E-state index contributed by atoms with van der Waals surface area (Å²) in [5.41, 5.74) is 0. The molecule has 0 spiro atoms. The molecule has 12 heavy (non-hydrogen) atoms. The third-order valence-electron chi connectivity index (χ3n) is 1.28. The topological polar surface area (TPSA) is 26.3 Å². The van der Waals surface area contributed by atoms with Crippen molar-refractivity contribution in [3.05, 3.63) is 24.3 Å². The fourth-order valence-corrected chi connectivity index (χ4v) is 0.629. The fourth-order valence-electron chi connectivity index (χ4n) is 0.629. The molecule has 0 bridgehead atoms. The van der Waals surface area contributed by atoms with E-state index in [2.05, 4.69) is 0 Å². The van der Waals surface area contributed by atoms with Crippen molar-refractivity contribution >= 4 is 5.97 Å². The number of hydrogen-bond acceptors (Lipinski definition) is 2. The number of carbonyl (C=O) groups excluding carboxylic acids is 1. The van der Waals surface area contributed by atoms with E-state index in [1.54, 1.807) is 6.92 Å². The van der Waals surface area contributed by atoms with Crippen LogP contribution >= 0.6 is 0 Å². The van der Waals surface area contributed by atoms with E-state index >= 15 is 0 Å². The molecule has 0 aliphatic rings. The molecule has 0 saturated carbocycles. The third-order valence-corrected chi connectivity index (χ3v) is 1.28. The Kier molecular flexibility index (Phi) is 7.35. The summed E-state index contributed by atoms with van der Waals surface area (Å²) in [4.78, 5) is 10.6. The minimum absolute atomic E-state index is 0.130. The number of esters is 1. The van der Waals surface area contributed by atoms with E-state index in [4.69, 9.17) is 4.74 Å². The van der Waals surface area contributed by atoms with Gasteiger partial charge in [-0.3, -0.25) is 4.79 Å². The molecule has 0 fully saturated rings. The summed E-state index contributed by atoms with van der Waals surface area (Å²) in [6, 6.07) is 0. The first-order valence-electron chi connectivity index (χ1n) is 4.24. The molecule has 0 rings (SSSR count). The van der Waals surface area contributed by atoms with E-state index < -0.39 is 0 Å². The first-order valence-corrected chi connectivity index (χ1v) is 4.24. The lowest BCUT2D eigenvalue weighted by Crippen LogP contribution is -2.02. The van der Waals surface area contributed by atoms with Gasteiger partial charge in [-0.05, 0) is 13.3 Å². The van der Waals surface area contributed by atoms with Gasteiger partial charge in [-0.1, -0.05) is 31.2 Å². The molecule has 0 amide bonds. The summed E-state index contributed by atoms with van der Waals surface area (Å²) < 4.78 is 4.86. The fraction of sp³-hybridized carbons (Fsp3) is 0.500. The number of ether oxygens (including phenoxy) is 1. The minimum atomic E-state index is -0.130. The average Bonchev–Trinajstić information content (AvgIpc) is 2.10. The molecule has 0 aromatic rings. The highest BCUT2D eigenvalue weighted by Crippen LogP contribution is 1.89. The number of carbonyl (C=O) groups is 1. The monoisotopic (exact) mass is 168 g/mol. The van der Waals surface area contributed by atoms with Crippen LogP contribution in [0, 0.1) is 0 Å². The summed E-state index contributed by atoms with van der Waals surface area (Å²) in [6.07, 6.45) is 9.06. The van der Waals surface area contributed by atoms with Crippen LogP contribution in [0.5, 0.6) is 0 Å². The van der Waals surface area contributed by atoms with Gasteiger partial charge in [0.15, 0.2) is 0 Å². The van der Waals surface area contributed by atoms with Crippen LogP contribution in [0.3, 0.4) is 0 Å². The van der Waals surface area contributed by atoms with Crippen LogP contribution < -0.4 is 0 Å². The highest BCUT2D eigenvalue weighted by atomic mass is 16.5. The molecule has 0 radical (unpaired) electrons. The van der Waals surface area contributed by atoms with Crippen molar-refractivity contribution in [1.29, 1.82) is 0 Å². The molecular weight excluding hydrogens is 152 g/mol. The van der Waals surface area contributed by atoms with Gasteiger partial charge in [-0.15, -0.1) is 0 Å². The van der Waals surface area contributed by atoms with Gasteiger partial charge in [0.25, 0.3) is 0 Å². The lowest BCUT2D eigenvalue weighted by atomic mass is 10.4. The summed E-state index contributed by atoms with van der Waals surface area (Å²) >= 11 is 0. The predicted molar refractivity (Wildman–Crippen MR) is 49.8 cm³/mol. The smallest absolute Gasteiger partial charge is 0.305 e. The maximum atomic E-state index is 10.6. The van der Waals surface area contributed by atoms with Crippen molar-refractivity contribution < 1.29 is 9.53 Å². The van der Waals surface area contributed by atoms with Gasteiger partial charge < -0.3 is 4.74 Å². The van der Waals surface area contributed by atoms with Gasteiger partial charge >= 0.3 is 5.97 Å². The zero-order chi connectivity index (χ0) is 9.23. The van der Waals surface area contributed by atoms with Gasteiger partial charge in [0.2, 0.25) is 0 Å². The van der Waals surface area contributed by atoms with Crippen molar-refractivity contribution in [3.63, 3.8) is 0 Å². The molecule has 0 aromatic carbocycles. The SMILES string of the molecule is C/C=C/C=C\CCOC(=O)CC. The maximum Gasteiger partial charge on any atom is 0.305 e. The molecule has 2 nitrogen and oxygen atoms in total. The average molecular weight is 168 g/mol. The summed E-state index contributed by atoms with van der Waals surface area (Å²) in [6.45, 7) is 4.24. The van der Waals surface area contributed by atoms with Crippen LogP contribution in [-0.2, 0) is 9.53 Å². The largest absolute Gasteiger partial charge is 0.465 e. The van der Waals surface area contributed by atoms with Crippen LogP contribution in [-0.4, -0.2) is 12.6 Å². The maximum absolute atomic E-state index is 10.6. The van der Waals surface area contributed by atoms with Gasteiger partial charge in [-0.2, -0.15) is 0 Å². The Bertz CT molecular complexity index is 169. The van der Waals surface area contributed by atoms with Crippen LogP contribution in [0.2, 0.25) is 0 Å². The summed E-state index contributed by atoms with van der Waals surface area (Å²) in [5.74, 6) is -0.130. The van der Waals surface area contributed by atoms with E-state index in [9.17, 15) is 4.79 Å². The molecule has 0 heterocycles. The second-order valence-electron chi connectivity index (χ2n) is 2.32. The third kappa shape index (κ3) is 7.06. The van der Waals surface area contributed by atoms with E-state index in [1.165, 1.54) is 0 Å². The van der Waals surface area contributed by atoms with Crippen molar-refractivity contribution in [3.8, 4) is 0 Å². The zero-order valence-electron chi connectivity index (χ0n) is 7.75. The standard InChI is InChI=1S/C10H16O2/c1-3-5-6-7-8-9-12-10(11)4-2/h3,5-7H,4,8-9H2,1-2H3/b5-3+,7-6-. The van der Waals surface area contributed by atoms with E-state index in [-0.39, 0.29) is 5.97 Å². The van der Waals surface area contributed by atoms with E-state index in [0.717, 1.165) is 6.42 Å². The van der Waals surface area contributed by atoms with Crippen molar-refractivity contribution in [2.24, 2.45) is 0 Å². The Labute approximate surface area is 73.9 Å². The molecule has 0 aliphatic carbocycles. The van der Waals surface area contributed by atoms with Crippen LogP contribution in [0.4, 0.5) is 0 Å². The summed E-state index contributed by atoms with van der Waals surface area (Å²) in [7, 11) is 0. The van der Waals surface area contributed by atoms with Gasteiger partial charge in [0.05, 0.1) is 6.61 Å². The highest BCUT2D eigenvalue weighted by Gasteiger charge is 1.94. The quantitative estimate of drug-likeness (QED) is 0.358. The first-order chi connectivity index (χ1) is 5.81. The van der Waals surface area contributed by atoms with Crippen LogP contribution in [0.1, 0.15) is 26.7 Å². The molecule has 68 valence electrons. The number of allylic oxidation sites excluding steroid dienone is 3. The molecule has 0 aliphatic heterocycles. The molecule has 0 saturated heterocycles. The molecule has 0 aromatic heterocycles. The Hall–Kier alpha value is -1.05. The van der Waals surface area contributed by atoms with E-state index in [0.29, 0.717) is 13.0 Å². The van der Waals surface area contributed by atoms with Crippen molar-refractivity contribution in [2.45, 2.75) is 26.7 Å². The second-order valence-corrected chi connectivity index (χ2v) is 2.32.